The number of hydrogen-bond donors (Lipinski definition) is 0. The first-order valence-corrected chi connectivity index (χ1v) is 12.9. The third kappa shape index (κ3) is 3.25. The van der Waals surface area contributed by atoms with Crippen LogP contribution in [0.1, 0.15) is 44.4 Å². The van der Waals surface area contributed by atoms with E-state index in [0.29, 0.717) is 0 Å². The van der Waals surface area contributed by atoms with Crippen LogP contribution >= 0.6 is 0 Å². The maximum absolute atomic E-state index is 4.32. The first kappa shape index (κ1) is 23.1. The number of anilines is 3. The summed E-state index contributed by atoms with van der Waals surface area (Å²) >= 11 is 0. The zero-order valence-electron chi connectivity index (χ0n) is 22.0. The molecule has 0 unspecified atom stereocenters. The summed E-state index contributed by atoms with van der Waals surface area (Å²) in [5.41, 5.74) is 11.8. The van der Waals surface area contributed by atoms with Gasteiger partial charge in [0.2, 0.25) is 0 Å². The summed E-state index contributed by atoms with van der Waals surface area (Å²) in [4.78, 5) is 2.43. The van der Waals surface area contributed by atoms with Crippen LogP contribution in [0.15, 0.2) is 110 Å². The molecule has 6 rings (SSSR count). The van der Waals surface area contributed by atoms with Gasteiger partial charge in [-0.1, -0.05) is 87.7 Å². The maximum Gasteiger partial charge on any atom is 0.0542 e. The van der Waals surface area contributed by atoms with Gasteiger partial charge < -0.3 is 9.47 Å². The van der Waals surface area contributed by atoms with Crippen molar-refractivity contribution in [2.75, 3.05) is 4.90 Å². The molecular weight excluding hydrogens is 448 g/mol. The van der Waals surface area contributed by atoms with Gasteiger partial charge in [-0.05, 0) is 72.5 Å². The summed E-state index contributed by atoms with van der Waals surface area (Å²) in [6, 6.07) is 30.9. The van der Waals surface area contributed by atoms with E-state index in [1.54, 1.807) is 0 Å². The number of benzene rings is 4. The lowest BCUT2D eigenvalue weighted by atomic mass is 9.72. The molecule has 0 N–H and O–H groups in total. The number of allylic oxidation sites excluding steroid dienone is 4. The summed E-state index contributed by atoms with van der Waals surface area (Å²) < 4.78 is 2.30. The third-order valence-corrected chi connectivity index (χ3v) is 7.87. The molecule has 1 aromatic heterocycles. The first-order valence-electron chi connectivity index (χ1n) is 12.9. The molecule has 0 amide bonds. The Morgan fingerprint density at radius 2 is 1.51 bits per heavy atom. The highest BCUT2D eigenvalue weighted by atomic mass is 15.2. The normalized spacial score (nSPS) is 14.5. The number of aromatic nitrogens is 1. The fourth-order valence-electron chi connectivity index (χ4n) is 6.22. The minimum absolute atomic E-state index is 0.188. The Hall–Kier alpha value is -4.30. The van der Waals surface area contributed by atoms with Crippen molar-refractivity contribution in [1.82, 2.24) is 4.57 Å². The molecule has 0 saturated carbocycles. The highest BCUT2D eigenvalue weighted by molar-refractivity contribution is 6.14. The highest BCUT2D eigenvalue weighted by Gasteiger charge is 2.39. The van der Waals surface area contributed by atoms with Crippen molar-refractivity contribution in [1.29, 1.82) is 0 Å². The molecule has 37 heavy (non-hydrogen) atoms. The van der Waals surface area contributed by atoms with E-state index >= 15 is 0 Å². The van der Waals surface area contributed by atoms with Gasteiger partial charge in [0.1, 0.15) is 0 Å². The van der Waals surface area contributed by atoms with E-state index in [0.717, 1.165) is 17.0 Å². The lowest BCUT2D eigenvalue weighted by molar-refractivity contribution is 0.638. The van der Waals surface area contributed by atoms with E-state index in [9.17, 15) is 0 Å². The van der Waals surface area contributed by atoms with Crippen LogP contribution in [0, 0.1) is 0 Å². The second-order valence-electron chi connectivity index (χ2n) is 10.4. The molecule has 0 fully saturated rings. The quantitative estimate of drug-likeness (QED) is 0.232. The topological polar surface area (TPSA) is 8.17 Å². The summed E-state index contributed by atoms with van der Waals surface area (Å²) in [6.07, 6.45) is 4.02. The second-order valence-corrected chi connectivity index (χ2v) is 10.4. The zero-order valence-corrected chi connectivity index (χ0v) is 22.0. The number of hydrogen-bond acceptors (Lipinski definition) is 1. The van der Waals surface area contributed by atoms with Crippen molar-refractivity contribution >= 4 is 50.1 Å². The molecule has 4 aromatic carbocycles. The van der Waals surface area contributed by atoms with Crippen LogP contribution in [0.4, 0.5) is 17.1 Å². The van der Waals surface area contributed by atoms with E-state index in [4.69, 9.17) is 0 Å². The van der Waals surface area contributed by atoms with Gasteiger partial charge in [-0.15, -0.1) is 0 Å². The molecule has 0 radical (unpaired) electrons. The highest BCUT2D eigenvalue weighted by Crippen LogP contribution is 2.55. The van der Waals surface area contributed by atoms with Crippen molar-refractivity contribution < 1.29 is 0 Å². The Bertz CT molecular complexity index is 1740. The largest absolute Gasteiger partial charge is 0.314 e. The fraction of sp³-hybridized carbons (Fsp3) is 0.143. The molecule has 0 bridgehead atoms. The van der Waals surface area contributed by atoms with Crippen molar-refractivity contribution in [3.63, 3.8) is 0 Å². The molecule has 5 aromatic rings. The van der Waals surface area contributed by atoms with Crippen LogP contribution in [0.2, 0.25) is 0 Å². The van der Waals surface area contributed by atoms with Crippen LogP contribution < -0.4 is 4.90 Å². The van der Waals surface area contributed by atoms with E-state index in [1.165, 1.54) is 49.9 Å². The van der Waals surface area contributed by atoms with Crippen molar-refractivity contribution in [3.8, 4) is 0 Å². The average Bonchev–Trinajstić information content (AvgIpc) is 3.25. The number of para-hydroxylation sites is 2. The molecule has 2 heterocycles. The molecule has 1 aliphatic heterocycles. The van der Waals surface area contributed by atoms with E-state index in [2.05, 4.69) is 141 Å². The van der Waals surface area contributed by atoms with Crippen LogP contribution in [0.5, 0.6) is 0 Å². The smallest absolute Gasteiger partial charge is 0.0542 e. The van der Waals surface area contributed by atoms with Gasteiger partial charge in [-0.25, -0.2) is 0 Å². The minimum Gasteiger partial charge on any atom is -0.314 e. The Balaban J connectivity index is 1.70. The Morgan fingerprint density at radius 3 is 2.22 bits per heavy atom. The average molecular weight is 481 g/mol. The zero-order chi connectivity index (χ0) is 25.9. The third-order valence-electron chi connectivity index (χ3n) is 7.87. The van der Waals surface area contributed by atoms with Gasteiger partial charge in [0.15, 0.2) is 0 Å². The predicted octanol–water partition coefficient (Wildman–Crippen LogP) is 9.98. The van der Waals surface area contributed by atoms with Crippen molar-refractivity contribution in [2.45, 2.75) is 33.1 Å². The SMILES string of the molecule is C=C/C(=C\C)c1ccc(N2c3ccccc3C(C)(C)c3c2ccc2c3c3ccccc3n2C(=C)C)cc1. The molecule has 0 spiro atoms. The Kier molecular flexibility index (Phi) is 5.24. The monoisotopic (exact) mass is 480 g/mol. The summed E-state index contributed by atoms with van der Waals surface area (Å²) in [5.74, 6) is 0. The van der Waals surface area contributed by atoms with E-state index in [-0.39, 0.29) is 5.41 Å². The minimum atomic E-state index is -0.188. The molecule has 2 nitrogen and oxygen atoms in total. The van der Waals surface area contributed by atoms with Crippen LogP contribution in [-0.2, 0) is 5.41 Å². The summed E-state index contributed by atoms with van der Waals surface area (Å²) in [5, 5.41) is 2.57. The summed E-state index contributed by atoms with van der Waals surface area (Å²) in [7, 11) is 0. The molecule has 0 aliphatic carbocycles. The molecule has 0 atom stereocenters. The van der Waals surface area contributed by atoms with Gasteiger partial charge >= 0.3 is 0 Å². The van der Waals surface area contributed by atoms with Crippen LogP contribution in [-0.4, -0.2) is 4.57 Å². The lowest BCUT2D eigenvalue weighted by Gasteiger charge is -2.42. The van der Waals surface area contributed by atoms with Gasteiger partial charge in [0, 0.05) is 27.6 Å². The molecule has 2 heteroatoms. The number of rotatable bonds is 4. The maximum atomic E-state index is 4.32. The van der Waals surface area contributed by atoms with Crippen molar-refractivity contribution in [2.24, 2.45) is 0 Å². The van der Waals surface area contributed by atoms with E-state index in [1.807, 2.05) is 6.08 Å². The van der Waals surface area contributed by atoms with Crippen molar-refractivity contribution in [3.05, 3.63) is 127 Å². The Labute approximate surface area is 219 Å². The Morgan fingerprint density at radius 1 is 0.811 bits per heavy atom. The first-order chi connectivity index (χ1) is 17.9. The van der Waals surface area contributed by atoms with Crippen LogP contribution in [0.3, 0.4) is 0 Å². The van der Waals surface area contributed by atoms with Gasteiger partial charge in [-0.3, -0.25) is 0 Å². The molecule has 0 saturated heterocycles. The fourth-order valence-corrected chi connectivity index (χ4v) is 6.22. The van der Waals surface area contributed by atoms with E-state index < -0.39 is 0 Å². The van der Waals surface area contributed by atoms with Crippen LogP contribution in [0.25, 0.3) is 33.1 Å². The number of nitrogens with zero attached hydrogens (tertiary/aromatic N) is 2. The van der Waals surface area contributed by atoms with Gasteiger partial charge in [0.25, 0.3) is 0 Å². The van der Waals surface area contributed by atoms with Gasteiger partial charge in [-0.2, -0.15) is 0 Å². The number of fused-ring (bicyclic) bond motifs is 6. The predicted molar refractivity (Wildman–Crippen MR) is 161 cm³/mol. The standard InChI is InChI=1S/C35H32N2/c1-7-24(8-2)25-17-19-26(20-18-25)37-30-16-12-10-14-28(30)35(5,6)34-32(37)22-21-31-33(34)27-13-9-11-15-29(27)36(31)23(3)4/h7-22H,1,3H2,2,4-6H3/b24-8+. The lowest BCUT2D eigenvalue weighted by Crippen LogP contribution is -2.30. The summed E-state index contributed by atoms with van der Waals surface area (Å²) in [6.45, 7) is 17.2. The second kappa shape index (κ2) is 8.38. The molecule has 1 aliphatic rings. The molecular formula is C35H32N2. The van der Waals surface area contributed by atoms with Gasteiger partial charge in [0.05, 0.1) is 22.4 Å². The molecule has 182 valence electrons.